The second-order valence-corrected chi connectivity index (χ2v) is 9.29. The molecular weight excluding hydrogens is 487 g/mol. The minimum Gasteiger partial charge on any atom is -0.272 e. The van der Waals surface area contributed by atoms with E-state index in [9.17, 15) is 9.59 Å². The molecule has 1 heterocycles. The number of amides is 2. The van der Waals surface area contributed by atoms with Gasteiger partial charge >= 0.3 is 0 Å². The van der Waals surface area contributed by atoms with Gasteiger partial charge in [0.2, 0.25) is 0 Å². The van der Waals surface area contributed by atoms with Crippen LogP contribution in [0.3, 0.4) is 0 Å². The molecule has 0 N–H and O–H groups in total. The first-order chi connectivity index (χ1) is 14.6. The van der Waals surface area contributed by atoms with Crippen molar-refractivity contribution in [2.45, 2.75) is 11.8 Å². The third kappa shape index (κ3) is 2.41. The molecule has 30 heavy (non-hydrogen) atoms. The van der Waals surface area contributed by atoms with Gasteiger partial charge in [0.25, 0.3) is 11.8 Å². The molecule has 0 aromatic heterocycles. The van der Waals surface area contributed by atoms with Crippen molar-refractivity contribution in [2.24, 2.45) is 16.9 Å². The van der Waals surface area contributed by atoms with Crippen LogP contribution in [-0.4, -0.2) is 23.0 Å². The maximum Gasteiger partial charge on any atom is 0.254 e. The normalized spacial score (nSPS) is 26.1. The van der Waals surface area contributed by atoms with E-state index in [1.807, 2.05) is 48.5 Å². The molecule has 2 atom stereocenters. The Morgan fingerprint density at radius 1 is 0.700 bits per heavy atom. The maximum absolute atomic E-state index is 13.4. The fraction of sp³-hybridized carbons (Fsp3) is 0.160. The Morgan fingerprint density at radius 3 is 1.57 bits per heavy atom. The Balaban J connectivity index is 1.45. The Morgan fingerprint density at radius 2 is 1.13 bits per heavy atom. The van der Waals surface area contributed by atoms with E-state index in [1.54, 1.807) is 6.21 Å². The van der Waals surface area contributed by atoms with Gasteiger partial charge in [0, 0.05) is 15.4 Å². The van der Waals surface area contributed by atoms with E-state index in [1.165, 1.54) is 22.3 Å². The molecule has 2 amide bonds. The summed E-state index contributed by atoms with van der Waals surface area (Å²) in [5.74, 6) is -1.34. The van der Waals surface area contributed by atoms with Gasteiger partial charge in [0.15, 0.2) is 0 Å². The Bertz CT molecular complexity index is 1120. The van der Waals surface area contributed by atoms with Crippen LogP contribution in [0.25, 0.3) is 0 Å². The molecule has 0 saturated carbocycles. The molecule has 3 aromatic carbocycles. The highest BCUT2D eigenvalue weighted by atomic mass is 127. The summed E-state index contributed by atoms with van der Waals surface area (Å²) in [6, 6.07) is 24.3. The van der Waals surface area contributed by atoms with Crippen molar-refractivity contribution >= 4 is 40.6 Å². The predicted octanol–water partition coefficient (Wildman–Crippen LogP) is 4.52. The molecule has 5 heteroatoms. The zero-order valence-corrected chi connectivity index (χ0v) is 18.1. The second kappa shape index (κ2) is 6.60. The summed E-state index contributed by atoms with van der Waals surface area (Å²) >= 11 is 2.24. The van der Waals surface area contributed by atoms with Crippen LogP contribution in [0.15, 0.2) is 77.9 Å². The summed E-state index contributed by atoms with van der Waals surface area (Å²) in [6.45, 7) is 0. The van der Waals surface area contributed by atoms with Gasteiger partial charge in [0.1, 0.15) is 0 Å². The summed E-state index contributed by atoms with van der Waals surface area (Å²) in [4.78, 5) is 26.9. The lowest BCUT2D eigenvalue weighted by Gasteiger charge is -2.45. The summed E-state index contributed by atoms with van der Waals surface area (Å²) in [5, 5.41) is 5.45. The van der Waals surface area contributed by atoms with E-state index in [2.05, 4.69) is 52.0 Å². The maximum atomic E-state index is 13.4. The zero-order chi connectivity index (χ0) is 20.4. The van der Waals surface area contributed by atoms with Crippen molar-refractivity contribution in [3.8, 4) is 0 Å². The molecule has 4 nitrogen and oxygen atoms in total. The topological polar surface area (TPSA) is 49.7 Å². The molecule has 146 valence electrons. The largest absolute Gasteiger partial charge is 0.272 e. The van der Waals surface area contributed by atoms with Crippen molar-refractivity contribution < 1.29 is 9.59 Å². The van der Waals surface area contributed by atoms with Crippen LogP contribution < -0.4 is 0 Å². The number of hydrogen-bond donors (Lipinski definition) is 0. The molecule has 1 aliphatic heterocycles. The fourth-order valence-corrected chi connectivity index (χ4v) is 5.81. The van der Waals surface area contributed by atoms with Crippen molar-refractivity contribution in [3.63, 3.8) is 0 Å². The molecule has 7 rings (SSSR count). The first kappa shape index (κ1) is 18.0. The highest BCUT2D eigenvalue weighted by molar-refractivity contribution is 14.1. The van der Waals surface area contributed by atoms with Crippen molar-refractivity contribution in [2.75, 3.05) is 0 Å². The van der Waals surface area contributed by atoms with Crippen LogP contribution in [0.2, 0.25) is 0 Å². The van der Waals surface area contributed by atoms with Crippen LogP contribution >= 0.6 is 22.6 Å². The number of imide groups is 1. The van der Waals surface area contributed by atoms with E-state index in [4.69, 9.17) is 0 Å². The van der Waals surface area contributed by atoms with Crippen LogP contribution in [0.5, 0.6) is 0 Å². The molecule has 1 fully saturated rings. The highest BCUT2D eigenvalue weighted by Crippen LogP contribution is 2.60. The van der Waals surface area contributed by atoms with E-state index in [-0.39, 0.29) is 35.5 Å². The van der Waals surface area contributed by atoms with Gasteiger partial charge in [0.05, 0.1) is 18.1 Å². The molecule has 0 unspecified atom stereocenters. The van der Waals surface area contributed by atoms with E-state index in [0.29, 0.717) is 0 Å². The summed E-state index contributed by atoms with van der Waals surface area (Å²) in [6.07, 6.45) is 1.60. The monoisotopic (exact) mass is 504 g/mol. The number of hydrazone groups is 1. The molecule has 3 aliphatic carbocycles. The van der Waals surface area contributed by atoms with Gasteiger partial charge in [-0.05, 0) is 62.5 Å². The quantitative estimate of drug-likeness (QED) is 0.293. The fourth-order valence-electron chi connectivity index (χ4n) is 5.45. The van der Waals surface area contributed by atoms with E-state index >= 15 is 0 Å². The zero-order valence-electron chi connectivity index (χ0n) is 15.9. The average Bonchev–Trinajstić information content (AvgIpc) is 3.04. The Labute approximate surface area is 187 Å². The van der Waals surface area contributed by atoms with Gasteiger partial charge in [-0.3, -0.25) is 9.59 Å². The summed E-state index contributed by atoms with van der Waals surface area (Å²) < 4.78 is 1.12. The summed E-state index contributed by atoms with van der Waals surface area (Å²) in [5.41, 5.74) is 5.55. The first-order valence-electron chi connectivity index (χ1n) is 10.00. The lowest BCUT2D eigenvalue weighted by Crippen LogP contribution is -2.41. The first-order valence-corrected chi connectivity index (χ1v) is 11.1. The van der Waals surface area contributed by atoms with Crippen LogP contribution in [-0.2, 0) is 9.59 Å². The van der Waals surface area contributed by atoms with Crippen LogP contribution in [0, 0.1) is 15.4 Å². The second-order valence-electron chi connectivity index (χ2n) is 8.05. The number of benzene rings is 3. The third-order valence-corrected chi connectivity index (χ3v) is 7.34. The highest BCUT2D eigenvalue weighted by Gasteiger charge is 2.61. The average molecular weight is 504 g/mol. The molecule has 1 saturated heterocycles. The van der Waals surface area contributed by atoms with Crippen LogP contribution in [0.1, 0.15) is 39.7 Å². The number of carbonyl (C=O) groups excluding carboxylic acids is 2. The van der Waals surface area contributed by atoms with Crippen LogP contribution in [0.4, 0.5) is 0 Å². The third-order valence-electron chi connectivity index (χ3n) is 6.62. The number of rotatable bonds is 2. The predicted molar refractivity (Wildman–Crippen MR) is 122 cm³/mol. The number of nitrogens with zero attached hydrogens (tertiary/aromatic N) is 2. The minimum atomic E-state index is -0.388. The standard InChI is InChI=1S/C25H17IN2O2/c26-15-11-9-14(10-12-15)13-27-28-24(29)22-20-16-5-1-2-6-17(16)21(23(22)25(28)30)19-8-4-3-7-18(19)20/h1-13,20-23H/b27-13-/t20?,21?,22-,23-/m1/s1. The smallest absolute Gasteiger partial charge is 0.254 e. The Hall–Kier alpha value is -2.80. The van der Waals surface area contributed by atoms with Crippen molar-refractivity contribution in [3.05, 3.63) is 104 Å². The van der Waals surface area contributed by atoms with Gasteiger partial charge in [-0.25, -0.2) is 0 Å². The minimum absolute atomic E-state index is 0.0950. The van der Waals surface area contributed by atoms with Gasteiger partial charge in [-0.15, -0.1) is 0 Å². The molecule has 2 bridgehead atoms. The molecule has 0 radical (unpaired) electrons. The lowest BCUT2D eigenvalue weighted by atomic mass is 9.55. The van der Waals surface area contributed by atoms with Gasteiger partial charge in [-0.1, -0.05) is 60.7 Å². The Kier molecular flexibility index (Phi) is 3.96. The van der Waals surface area contributed by atoms with Crippen molar-refractivity contribution in [1.82, 2.24) is 5.01 Å². The summed E-state index contributed by atoms with van der Waals surface area (Å²) in [7, 11) is 0. The van der Waals surface area contributed by atoms with E-state index < -0.39 is 0 Å². The van der Waals surface area contributed by atoms with Crippen molar-refractivity contribution in [1.29, 1.82) is 0 Å². The van der Waals surface area contributed by atoms with E-state index in [0.717, 1.165) is 14.1 Å². The number of hydrogen-bond acceptors (Lipinski definition) is 3. The molecule has 3 aromatic rings. The van der Waals surface area contributed by atoms with Gasteiger partial charge < -0.3 is 0 Å². The molecule has 0 spiro atoms. The molecular formula is C25H17IN2O2. The lowest BCUT2D eigenvalue weighted by molar-refractivity contribution is -0.139. The SMILES string of the molecule is O=C1[C@@H]2C3c4ccccc4C(c4ccccc43)[C@H]2C(=O)N1/N=C\c1ccc(I)cc1. The number of carbonyl (C=O) groups is 2. The van der Waals surface area contributed by atoms with Gasteiger partial charge in [-0.2, -0.15) is 10.1 Å². The molecule has 4 aliphatic rings. The number of halogens is 1.